The Hall–Kier alpha value is -1.17. The number of ether oxygens (including phenoxy) is 1. The minimum atomic E-state index is -0.281. The molecule has 1 aliphatic heterocycles. The first-order valence-electron chi connectivity index (χ1n) is 8.12. The van der Waals surface area contributed by atoms with Crippen LogP contribution >= 0.6 is 0 Å². The number of halogens is 1. The number of piperazine rings is 1. The van der Waals surface area contributed by atoms with E-state index in [0.717, 1.165) is 52.2 Å². The molecule has 0 aliphatic carbocycles. The van der Waals surface area contributed by atoms with Crippen LogP contribution in [0.4, 0.5) is 4.39 Å². The summed E-state index contributed by atoms with van der Waals surface area (Å²) in [6, 6.07) is 6.59. The Bertz CT molecular complexity index is 434. The SMILES string of the molecule is CN(C)CCN1CCN(CCCOc2ccccc2F)CC1. The summed E-state index contributed by atoms with van der Waals surface area (Å²) in [6.45, 7) is 8.38. The topological polar surface area (TPSA) is 19.0 Å². The highest BCUT2D eigenvalue weighted by molar-refractivity contribution is 5.23. The molecule has 2 rings (SSSR count). The Morgan fingerprint density at radius 2 is 1.68 bits per heavy atom. The lowest BCUT2D eigenvalue weighted by atomic mass is 10.3. The van der Waals surface area contributed by atoms with Crippen molar-refractivity contribution in [3.63, 3.8) is 0 Å². The molecule has 1 heterocycles. The van der Waals surface area contributed by atoms with Gasteiger partial charge in [-0.15, -0.1) is 0 Å². The molecular weight excluding hydrogens is 281 g/mol. The van der Waals surface area contributed by atoms with E-state index in [1.807, 2.05) is 0 Å². The van der Waals surface area contributed by atoms with Crippen LogP contribution in [0.1, 0.15) is 6.42 Å². The van der Waals surface area contributed by atoms with Gasteiger partial charge in [-0.05, 0) is 32.6 Å². The molecule has 1 aromatic carbocycles. The highest BCUT2D eigenvalue weighted by Crippen LogP contribution is 2.15. The number of rotatable bonds is 8. The van der Waals surface area contributed by atoms with Crippen molar-refractivity contribution >= 4 is 0 Å². The average Bonchev–Trinajstić information content (AvgIpc) is 2.52. The number of likely N-dealkylation sites (N-methyl/N-ethyl adjacent to an activating group) is 1. The number of benzene rings is 1. The van der Waals surface area contributed by atoms with Crippen LogP contribution in [0.15, 0.2) is 24.3 Å². The van der Waals surface area contributed by atoms with E-state index in [4.69, 9.17) is 4.74 Å². The number of hydrogen-bond donors (Lipinski definition) is 0. The van der Waals surface area contributed by atoms with Crippen molar-refractivity contribution in [2.24, 2.45) is 0 Å². The third kappa shape index (κ3) is 5.91. The van der Waals surface area contributed by atoms with Crippen LogP contribution in [0.3, 0.4) is 0 Å². The minimum Gasteiger partial charge on any atom is -0.490 e. The molecule has 5 heteroatoms. The molecule has 22 heavy (non-hydrogen) atoms. The fraction of sp³-hybridized carbons (Fsp3) is 0.647. The van der Waals surface area contributed by atoms with Gasteiger partial charge in [-0.3, -0.25) is 4.90 Å². The highest BCUT2D eigenvalue weighted by Gasteiger charge is 2.16. The van der Waals surface area contributed by atoms with E-state index in [1.54, 1.807) is 18.2 Å². The van der Waals surface area contributed by atoms with Gasteiger partial charge in [0.1, 0.15) is 0 Å². The van der Waals surface area contributed by atoms with Crippen LogP contribution < -0.4 is 4.74 Å². The van der Waals surface area contributed by atoms with E-state index in [2.05, 4.69) is 28.8 Å². The lowest BCUT2D eigenvalue weighted by Gasteiger charge is -2.35. The molecule has 1 aliphatic rings. The molecule has 1 aromatic rings. The predicted octanol–water partition coefficient (Wildman–Crippen LogP) is 1.77. The van der Waals surface area contributed by atoms with Gasteiger partial charge in [0, 0.05) is 45.8 Å². The molecular formula is C17H28FN3O. The van der Waals surface area contributed by atoms with Gasteiger partial charge in [0.15, 0.2) is 11.6 Å². The normalized spacial score (nSPS) is 17.1. The van der Waals surface area contributed by atoms with Crippen molar-refractivity contribution < 1.29 is 9.13 Å². The smallest absolute Gasteiger partial charge is 0.165 e. The number of hydrogen-bond acceptors (Lipinski definition) is 4. The van der Waals surface area contributed by atoms with E-state index in [-0.39, 0.29) is 5.82 Å². The zero-order chi connectivity index (χ0) is 15.8. The van der Waals surface area contributed by atoms with Gasteiger partial charge in [0.25, 0.3) is 0 Å². The van der Waals surface area contributed by atoms with Gasteiger partial charge in [0.05, 0.1) is 6.61 Å². The quantitative estimate of drug-likeness (QED) is 0.681. The number of nitrogens with zero attached hydrogens (tertiary/aromatic N) is 3. The molecule has 0 N–H and O–H groups in total. The molecule has 4 nitrogen and oxygen atoms in total. The van der Waals surface area contributed by atoms with Crippen LogP contribution in [0.25, 0.3) is 0 Å². The standard InChI is InChI=1S/C17H28FN3O/c1-19(2)9-10-21-13-11-20(12-14-21)8-5-15-22-17-7-4-3-6-16(17)18/h3-4,6-7H,5,8-15H2,1-2H3. The van der Waals surface area contributed by atoms with E-state index in [9.17, 15) is 4.39 Å². The highest BCUT2D eigenvalue weighted by atomic mass is 19.1. The Morgan fingerprint density at radius 1 is 1.05 bits per heavy atom. The summed E-state index contributed by atoms with van der Waals surface area (Å²) in [5, 5.41) is 0. The molecule has 0 saturated carbocycles. The van der Waals surface area contributed by atoms with E-state index in [0.29, 0.717) is 12.4 Å². The molecule has 0 aromatic heterocycles. The maximum absolute atomic E-state index is 13.4. The summed E-state index contributed by atoms with van der Waals surface area (Å²) in [5.74, 6) is 0.0769. The lowest BCUT2D eigenvalue weighted by molar-refractivity contribution is 0.119. The van der Waals surface area contributed by atoms with Crippen molar-refractivity contribution in [2.75, 3.05) is 66.5 Å². The van der Waals surface area contributed by atoms with E-state index in [1.165, 1.54) is 6.07 Å². The monoisotopic (exact) mass is 309 g/mol. The first-order chi connectivity index (χ1) is 10.6. The second kappa shape index (κ2) is 9.08. The van der Waals surface area contributed by atoms with Gasteiger partial charge < -0.3 is 14.5 Å². The minimum absolute atomic E-state index is 0.281. The van der Waals surface area contributed by atoms with Crippen molar-refractivity contribution in [2.45, 2.75) is 6.42 Å². The average molecular weight is 309 g/mol. The molecule has 0 radical (unpaired) electrons. The summed E-state index contributed by atoms with van der Waals surface area (Å²) in [5.41, 5.74) is 0. The van der Waals surface area contributed by atoms with Gasteiger partial charge in [-0.2, -0.15) is 0 Å². The summed E-state index contributed by atoms with van der Waals surface area (Å²) in [6.07, 6.45) is 0.937. The number of para-hydroxylation sites is 1. The third-order valence-corrected chi connectivity index (χ3v) is 4.04. The molecule has 0 bridgehead atoms. The van der Waals surface area contributed by atoms with E-state index >= 15 is 0 Å². The fourth-order valence-corrected chi connectivity index (χ4v) is 2.61. The summed E-state index contributed by atoms with van der Waals surface area (Å²) in [7, 11) is 4.23. The van der Waals surface area contributed by atoms with Crippen LogP contribution in [-0.4, -0.2) is 81.2 Å². The van der Waals surface area contributed by atoms with E-state index < -0.39 is 0 Å². The second-order valence-electron chi connectivity index (χ2n) is 6.12. The van der Waals surface area contributed by atoms with Gasteiger partial charge >= 0.3 is 0 Å². The van der Waals surface area contributed by atoms with Gasteiger partial charge in [0.2, 0.25) is 0 Å². The summed E-state index contributed by atoms with van der Waals surface area (Å²) in [4.78, 5) is 7.22. The van der Waals surface area contributed by atoms with Gasteiger partial charge in [-0.1, -0.05) is 12.1 Å². The Labute approximate surface area is 133 Å². The zero-order valence-corrected chi connectivity index (χ0v) is 13.8. The summed E-state index contributed by atoms with van der Waals surface area (Å²) >= 11 is 0. The van der Waals surface area contributed by atoms with Crippen molar-refractivity contribution in [1.82, 2.24) is 14.7 Å². The first kappa shape index (κ1) is 17.2. The van der Waals surface area contributed by atoms with Crippen molar-refractivity contribution in [1.29, 1.82) is 0 Å². The molecule has 0 spiro atoms. The molecule has 1 fully saturated rings. The Morgan fingerprint density at radius 3 is 2.32 bits per heavy atom. The fourth-order valence-electron chi connectivity index (χ4n) is 2.61. The molecule has 0 unspecified atom stereocenters. The van der Waals surface area contributed by atoms with Crippen molar-refractivity contribution in [3.05, 3.63) is 30.1 Å². The Kier molecular flexibility index (Phi) is 7.09. The summed E-state index contributed by atoms with van der Waals surface area (Å²) < 4.78 is 18.9. The Balaban J connectivity index is 1.56. The predicted molar refractivity (Wildman–Crippen MR) is 87.9 cm³/mol. The molecule has 0 amide bonds. The largest absolute Gasteiger partial charge is 0.490 e. The van der Waals surface area contributed by atoms with Crippen LogP contribution in [0, 0.1) is 5.82 Å². The van der Waals surface area contributed by atoms with Crippen LogP contribution in [0.2, 0.25) is 0 Å². The van der Waals surface area contributed by atoms with Crippen LogP contribution in [0.5, 0.6) is 5.75 Å². The zero-order valence-electron chi connectivity index (χ0n) is 13.8. The van der Waals surface area contributed by atoms with Crippen LogP contribution in [-0.2, 0) is 0 Å². The first-order valence-corrected chi connectivity index (χ1v) is 8.12. The maximum atomic E-state index is 13.4. The van der Waals surface area contributed by atoms with Crippen molar-refractivity contribution in [3.8, 4) is 5.75 Å². The molecule has 1 saturated heterocycles. The molecule has 0 atom stereocenters. The third-order valence-electron chi connectivity index (χ3n) is 4.04. The molecule has 124 valence electrons. The lowest BCUT2D eigenvalue weighted by Crippen LogP contribution is -2.48. The second-order valence-corrected chi connectivity index (χ2v) is 6.12. The van der Waals surface area contributed by atoms with Gasteiger partial charge in [-0.25, -0.2) is 4.39 Å². The maximum Gasteiger partial charge on any atom is 0.165 e.